The average Bonchev–Trinajstić information content (AvgIpc) is 2.99. The predicted molar refractivity (Wildman–Crippen MR) is 108 cm³/mol. The van der Waals surface area contributed by atoms with Gasteiger partial charge < -0.3 is 9.47 Å². The molecule has 6 nitrogen and oxygen atoms in total. The molecule has 3 rings (SSSR count). The highest BCUT2D eigenvalue weighted by molar-refractivity contribution is 7.98. The number of nitrogens with one attached hydrogen (secondary N) is 1. The van der Waals surface area contributed by atoms with Gasteiger partial charge in [-0.1, -0.05) is 36.4 Å². The van der Waals surface area contributed by atoms with E-state index < -0.39 is 6.09 Å². The van der Waals surface area contributed by atoms with E-state index >= 15 is 0 Å². The molecule has 1 aromatic heterocycles. The number of benzene rings is 2. The summed E-state index contributed by atoms with van der Waals surface area (Å²) < 4.78 is 12.8. The third-order valence-corrected chi connectivity index (χ3v) is 4.35. The lowest BCUT2D eigenvalue weighted by Crippen LogP contribution is -2.19. The van der Waals surface area contributed by atoms with Crippen LogP contribution in [-0.4, -0.2) is 34.5 Å². The van der Waals surface area contributed by atoms with Crippen LogP contribution in [0.3, 0.4) is 0 Å². The molecule has 0 aliphatic rings. The van der Waals surface area contributed by atoms with Crippen molar-refractivity contribution in [1.82, 2.24) is 9.78 Å². The van der Waals surface area contributed by atoms with Gasteiger partial charge in [0.15, 0.2) is 0 Å². The van der Waals surface area contributed by atoms with Crippen molar-refractivity contribution in [2.45, 2.75) is 6.92 Å². The van der Waals surface area contributed by atoms with Crippen LogP contribution in [0, 0.1) is 6.92 Å². The number of carbonyl (C=O) groups excluding carboxylic acids is 1. The molecule has 3 aromatic rings. The third-order valence-electron chi connectivity index (χ3n) is 3.78. The number of ether oxygens (including phenoxy) is 2. The van der Waals surface area contributed by atoms with Gasteiger partial charge >= 0.3 is 6.09 Å². The summed E-state index contributed by atoms with van der Waals surface area (Å²) in [5, 5.41) is 7.32. The van der Waals surface area contributed by atoms with Crippen molar-refractivity contribution in [3.8, 4) is 17.3 Å². The van der Waals surface area contributed by atoms with Gasteiger partial charge in [-0.3, -0.25) is 5.32 Å². The number of nitrogens with zero attached hydrogens (tertiary/aromatic N) is 2. The van der Waals surface area contributed by atoms with Gasteiger partial charge in [0.2, 0.25) is 5.88 Å². The summed E-state index contributed by atoms with van der Waals surface area (Å²) in [4.78, 5) is 12.4. The van der Waals surface area contributed by atoms with Crippen molar-refractivity contribution in [2.75, 3.05) is 23.9 Å². The largest absolute Gasteiger partial charge is 0.475 e. The second-order valence-corrected chi connectivity index (χ2v) is 6.68. The molecule has 0 spiro atoms. The van der Waals surface area contributed by atoms with E-state index in [0.29, 0.717) is 24.1 Å². The SMILES string of the molecule is CSCCOc1nn(-c2ccccc2)c(NC(=O)Oc2ccccc2)c1C. The van der Waals surface area contributed by atoms with Crippen LogP contribution in [0.2, 0.25) is 0 Å². The number of aromatic nitrogens is 2. The van der Waals surface area contributed by atoms with Gasteiger partial charge in [0.25, 0.3) is 0 Å². The van der Waals surface area contributed by atoms with Gasteiger partial charge in [-0.25, -0.2) is 9.48 Å². The molecule has 0 radical (unpaired) electrons. The second-order valence-electron chi connectivity index (χ2n) is 5.69. The van der Waals surface area contributed by atoms with E-state index in [4.69, 9.17) is 9.47 Å². The summed E-state index contributed by atoms with van der Waals surface area (Å²) in [5.41, 5.74) is 1.56. The lowest BCUT2D eigenvalue weighted by atomic mass is 10.3. The second kappa shape index (κ2) is 9.14. The Bertz CT molecular complexity index is 882. The van der Waals surface area contributed by atoms with E-state index in [1.54, 1.807) is 40.7 Å². The Labute approximate surface area is 162 Å². The Morgan fingerprint density at radius 2 is 1.78 bits per heavy atom. The van der Waals surface area contributed by atoms with Gasteiger partial charge in [0, 0.05) is 5.75 Å². The van der Waals surface area contributed by atoms with E-state index in [2.05, 4.69) is 10.4 Å². The molecular formula is C20H21N3O3S. The van der Waals surface area contributed by atoms with E-state index in [1.807, 2.05) is 49.6 Å². The van der Waals surface area contributed by atoms with E-state index in [1.165, 1.54) is 0 Å². The summed E-state index contributed by atoms with van der Waals surface area (Å²) >= 11 is 1.70. The van der Waals surface area contributed by atoms with Gasteiger partial charge in [-0.2, -0.15) is 11.8 Å². The molecule has 0 fully saturated rings. The Hall–Kier alpha value is -2.93. The fourth-order valence-electron chi connectivity index (χ4n) is 2.46. The first kappa shape index (κ1) is 18.8. The van der Waals surface area contributed by atoms with E-state index in [9.17, 15) is 4.79 Å². The molecule has 0 aliphatic heterocycles. The number of rotatable bonds is 7. The number of thioether (sulfide) groups is 1. The Kier molecular flexibility index (Phi) is 6.38. The van der Waals surface area contributed by atoms with Crippen molar-refractivity contribution in [2.24, 2.45) is 0 Å². The minimum atomic E-state index is -0.586. The molecule has 1 heterocycles. The van der Waals surface area contributed by atoms with Crippen LogP contribution in [0.25, 0.3) is 5.69 Å². The molecule has 27 heavy (non-hydrogen) atoms. The summed E-state index contributed by atoms with van der Waals surface area (Å²) in [6.45, 7) is 2.40. The first-order chi connectivity index (χ1) is 13.2. The Balaban J connectivity index is 1.86. The maximum Gasteiger partial charge on any atom is 0.418 e. The van der Waals surface area contributed by atoms with Crippen molar-refractivity contribution >= 4 is 23.7 Å². The van der Waals surface area contributed by atoms with Crippen LogP contribution >= 0.6 is 11.8 Å². The quantitative estimate of drug-likeness (QED) is 0.607. The molecule has 0 saturated carbocycles. The predicted octanol–water partition coefficient (Wildman–Crippen LogP) is 4.53. The minimum Gasteiger partial charge on any atom is -0.475 e. The number of hydrogen-bond acceptors (Lipinski definition) is 5. The lowest BCUT2D eigenvalue weighted by molar-refractivity contribution is 0.215. The highest BCUT2D eigenvalue weighted by Gasteiger charge is 2.19. The van der Waals surface area contributed by atoms with Gasteiger partial charge in [-0.15, -0.1) is 5.10 Å². The van der Waals surface area contributed by atoms with Crippen LogP contribution in [0.4, 0.5) is 10.6 Å². The zero-order valence-electron chi connectivity index (χ0n) is 15.2. The monoisotopic (exact) mass is 383 g/mol. The Morgan fingerprint density at radius 3 is 2.44 bits per heavy atom. The zero-order valence-corrected chi connectivity index (χ0v) is 16.0. The lowest BCUT2D eigenvalue weighted by Gasteiger charge is -2.10. The molecule has 1 N–H and O–H groups in total. The van der Waals surface area contributed by atoms with Crippen LogP contribution in [0.1, 0.15) is 5.56 Å². The number of carbonyl (C=O) groups is 1. The average molecular weight is 383 g/mol. The maximum atomic E-state index is 12.4. The van der Waals surface area contributed by atoms with Crippen LogP contribution < -0.4 is 14.8 Å². The molecule has 0 unspecified atom stereocenters. The summed E-state index contributed by atoms with van der Waals surface area (Å²) in [6, 6.07) is 18.5. The van der Waals surface area contributed by atoms with Crippen molar-refractivity contribution in [3.05, 3.63) is 66.2 Å². The topological polar surface area (TPSA) is 65.4 Å². The molecule has 2 aromatic carbocycles. The minimum absolute atomic E-state index is 0.467. The maximum absolute atomic E-state index is 12.4. The summed E-state index contributed by atoms with van der Waals surface area (Å²) in [6.07, 6.45) is 1.43. The number of para-hydroxylation sites is 2. The van der Waals surface area contributed by atoms with Crippen LogP contribution in [0.15, 0.2) is 60.7 Å². The molecule has 1 amide bonds. The summed E-state index contributed by atoms with van der Waals surface area (Å²) in [7, 11) is 0. The fourth-order valence-corrected chi connectivity index (χ4v) is 2.71. The number of amides is 1. The van der Waals surface area contributed by atoms with E-state index in [-0.39, 0.29) is 0 Å². The van der Waals surface area contributed by atoms with Gasteiger partial charge in [0.1, 0.15) is 11.6 Å². The molecule has 0 saturated heterocycles. The molecule has 0 atom stereocenters. The number of hydrogen-bond donors (Lipinski definition) is 1. The fraction of sp³-hybridized carbons (Fsp3) is 0.200. The Morgan fingerprint density at radius 1 is 1.11 bits per heavy atom. The molecule has 140 valence electrons. The highest BCUT2D eigenvalue weighted by atomic mass is 32.2. The van der Waals surface area contributed by atoms with Gasteiger partial charge in [0.05, 0.1) is 17.9 Å². The molecular weight excluding hydrogens is 362 g/mol. The van der Waals surface area contributed by atoms with Gasteiger partial charge in [-0.05, 0) is 37.4 Å². The highest BCUT2D eigenvalue weighted by Crippen LogP contribution is 2.28. The normalized spacial score (nSPS) is 10.4. The standard InChI is InChI=1S/C20H21N3O3S/c1-15-18(21-20(24)26-17-11-7-4-8-12-17)23(16-9-5-3-6-10-16)22-19(15)25-13-14-27-2/h3-12H,13-14H2,1-2H3,(H,21,24). The zero-order chi connectivity index (χ0) is 19.1. The smallest absolute Gasteiger partial charge is 0.418 e. The molecule has 0 bridgehead atoms. The number of anilines is 1. The van der Waals surface area contributed by atoms with Crippen molar-refractivity contribution in [3.63, 3.8) is 0 Å². The van der Waals surface area contributed by atoms with Crippen molar-refractivity contribution in [1.29, 1.82) is 0 Å². The molecule has 0 aliphatic carbocycles. The third kappa shape index (κ3) is 4.83. The first-order valence-corrected chi connectivity index (χ1v) is 9.89. The summed E-state index contributed by atoms with van der Waals surface area (Å²) in [5.74, 6) is 2.33. The van der Waals surface area contributed by atoms with Crippen molar-refractivity contribution < 1.29 is 14.3 Å². The van der Waals surface area contributed by atoms with Crippen LogP contribution in [-0.2, 0) is 0 Å². The van der Waals surface area contributed by atoms with E-state index in [0.717, 1.165) is 17.0 Å². The first-order valence-electron chi connectivity index (χ1n) is 8.49. The molecule has 7 heteroatoms. The van der Waals surface area contributed by atoms with Crippen LogP contribution in [0.5, 0.6) is 11.6 Å².